The number of pyridine rings is 1. The molecule has 1 atom stereocenters. The topological polar surface area (TPSA) is 82.7 Å². The molecule has 2 aromatic carbocycles. The summed E-state index contributed by atoms with van der Waals surface area (Å²) in [4.78, 5) is 3.74. The van der Waals surface area contributed by atoms with E-state index in [4.69, 9.17) is 0 Å². The van der Waals surface area contributed by atoms with E-state index >= 15 is 8.78 Å². The SMILES string of the molecule is C=N/N=N\N(C)CC(O)(c1ccc(F)cc1F)C(F)(F)c1ccc(-c2ccc(OCC(F)(F)F)cc2)cn1. The molecule has 0 saturated heterocycles. The van der Waals surface area contributed by atoms with Gasteiger partial charge in [0.15, 0.2) is 12.2 Å². The van der Waals surface area contributed by atoms with Gasteiger partial charge in [0.1, 0.15) is 23.1 Å². The molecule has 1 unspecified atom stereocenters. The fourth-order valence-corrected chi connectivity index (χ4v) is 3.51. The van der Waals surface area contributed by atoms with Crippen LogP contribution < -0.4 is 4.74 Å². The first-order valence-corrected chi connectivity index (χ1v) is 10.7. The molecular weight excluding hydrogens is 523 g/mol. The van der Waals surface area contributed by atoms with Crippen molar-refractivity contribution in [3.63, 3.8) is 0 Å². The first-order chi connectivity index (χ1) is 17.8. The Labute approximate surface area is 211 Å². The molecule has 38 heavy (non-hydrogen) atoms. The third-order valence-electron chi connectivity index (χ3n) is 5.29. The second-order valence-corrected chi connectivity index (χ2v) is 8.06. The van der Waals surface area contributed by atoms with Crippen LogP contribution >= 0.6 is 0 Å². The Morgan fingerprint density at radius 2 is 1.63 bits per heavy atom. The van der Waals surface area contributed by atoms with E-state index in [1.54, 1.807) is 0 Å². The lowest BCUT2D eigenvalue weighted by atomic mass is 9.84. The Morgan fingerprint density at radius 1 is 0.974 bits per heavy atom. The van der Waals surface area contributed by atoms with Crippen LogP contribution in [0.2, 0.25) is 0 Å². The van der Waals surface area contributed by atoms with Crippen molar-refractivity contribution in [2.75, 3.05) is 20.2 Å². The Balaban J connectivity index is 1.94. The fraction of sp³-hybridized carbons (Fsp3) is 0.250. The average Bonchev–Trinajstić information content (AvgIpc) is 2.86. The van der Waals surface area contributed by atoms with Crippen LogP contribution in [-0.4, -0.2) is 48.2 Å². The van der Waals surface area contributed by atoms with Crippen molar-refractivity contribution >= 4 is 6.72 Å². The summed E-state index contributed by atoms with van der Waals surface area (Å²) in [6.07, 6.45) is -3.47. The van der Waals surface area contributed by atoms with Gasteiger partial charge in [-0.3, -0.25) is 9.99 Å². The van der Waals surface area contributed by atoms with E-state index in [9.17, 15) is 27.1 Å². The molecule has 0 amide bonds. The van der Waals surface area contributed by atoms with Crippen LogP contribution in [-0.2, 0) is 11.5 Å². The summed E-state index contributed by atoms with van der Waals surface area (Å²) in [6, 6.07) is 9.21. The Kier molecular flexibility index (Phi) is 8.35. The van der Waals surface area contributed by atoms with Gasteiger partial charge >= 0.3 is 12.1 Å². The first-order valence-electron chi connectivity index (χ1n) is 10.7. The summed E-state index contributed by atoms with van der Waals surface area (Å²) in [5.74, 6) is -6.77. The van der Waals surface area contributed by atoms with Crippen molar-refractivity contribution in [3.05, 3.63) is 83.7 Å². The number of halogens is 7. The van der Waals surface area contributed by atoms with E-state index in [0.717, 1.165) is 24.3 Å². The molecule has 0 spiro atoms. The van der Waals surface area contributed by atoms with Crippen LogP contribution in [0.3, 0.4) is 0 Å². The lowest BCUT2D eigenvalue weighted by Crippen LogP contribution is -2.50. The van der Waals surface area contributed by atoms with Crippen LogP contribution in [0, 0.1) is 11.6 Å². The summed E-state index contributed by atoms with van der Waals surface area (Å²) in [6.45, 7) is 0.567. The molecule has 1 N–H and O–H groups in total. The molecule has 0 radical (unpaired) electrons. The highest BCUT2D eigenvalue weighted by Crippen LogP contribution is 2.46. The number of hydrogen-bond donors (Lipinski definition) is 1. The largest absolute Gasteiger partial charge is 0.484 e. The number of nitrogens with zero attached hydrogens (tertiary/aromatic N) is 5. The van der Waals surface area contributed by atoms with E-state index in [-0.39, 0.29) is 5.75 Å². The third-order valence-corrected chi connectivity index (χ3v) is 5.29. The van der Waals surface area contributed by atoms with Crippen molar-refractivity contribution in [3.8, 4) is 16.9 Å². The molecule has 3 aromatic rings. The van der Waals surface area contributed by atoms with Gasteiger partial charge in [0, 0.05) is 37.2 Å². The van der Waals surface area contributed by atoms with Gasteiger partial charge in [-0.25, -0.2) is 8.78 Å². The van der Waals surface area contributed by atoms with Gasteiger partial charge in [0.05, 0.1) is 6.54 Å². The van der Waals surface area contributed by atoms with Gasteiger partial charge in [-0.05, 0) is 41.1 Å². The zero-order chi connectivity index (χ0) is 28.1. The van der Waals surface area contributed by atoms with E-state index in [0.29, 0.717) is 29.3 Å². The standard InChI is InChI=1S/C24H20F7N5O2/c1-32-34-35-36(2)13-22(37,19-9-6-17(25)11-20(19)26)24(30,31)21-10-5-16(12-33-21)15-3-7-18(8-4-15)38-14-23(27,28)29/h3-12,37H,1,13-14H2,2H3/b35-34-. The van der Waals surface area contributed by atoms with Crippen molar-refractivity contribution < 1.29 is 40.6 Å². The maximum atomic E-state index is 15.8. The number of likely N-dealkylation sites (N-methyl/N-ethyl adjacent to an activating group) is 1. The van der Waals surface area contributed by atoms with Gasteiger partial charge in [-0.15, -0.1) is 5.10 Å². The molecule has 0 aliphatic heterocycles. The van der Waals surface area contributed by atoms with Crippen LogP contribution in [0.5, 0.6) is 5.75 Å². The second-order valence-electron chi connectivity index (χ2n) is 8.06. The Morgan fingerprint density at radius 3 is 2.18 bits per heavy atom. The van der Waals surface area contributed by atoms with E-state index in [1.807, 2.05) is 0 Å². The minimum Gasteiger partial charge on any atom is -0.484 e. The number of alkyl halides is 5. The van der Waals surface area contributed by atoms with Crippen molar-refractivity contribution in [2.24, 2.45) is 15.5 Å². The van der Waals surface area contributed by atoms with Gasteiger partial charge in [-0.2, -0.15) is 22.0 Å². The summed E-state index contributed by atoms with van der Waals surface area (Å²) in [7, 11) is 1.16. The zero-order valence-corrected chi connectivity index (χ0v) is 19.6. The van der Waals surface area contributed by atoms with E-state index < -0.39 is 53.7 Å². The predicted molar refractivity (Wildman–Crippen MR) is 122 cm³/mol. The molecule has 202 valence electrons. The van der Waals surface area contributed by atoms with Gasteiger partial charge in [-0.1, -0.05) is 23.4 Å². The highest BCUT2D eigenvalue weighted by Gasteiger charge is 2.58. The molecule has 1 heterocycles. The molecular formula is C24H20F7N5O2. The molecule has 3 rings (SSSR count). The van der Waals surface area contributed by atoms with Crippen LogP contribution in [0.1, 0.15) is 11.3 Å². The molecule has 7 nitrogen and oxygen atoms in total. The van der Waals surface area contributed by atoms with Crippen molar-refractivity contribution in [2.45, 2.75) is 17.7 Å². The average molecular weight is 543 g/mol. The molecule has 0 aliphatic carbocycles. The van der Waals surface area contributed by atoms with Crippen LogP contribution in [0.4, 0.5) is 30.7 Å². The highest BCUT2D eigenvalue weighted by atomic mass is 19.4. The molecule has 0 bridgehead atoms. The van der Waals surface area contributed by atoms with Gasteiger partial charge in [0.2, 0.25) is 0 Å². The third kappa shape index (κ3) is 6.43. The number of aromatic nitrogens is 1. The number of hydrogen-bond acceptors (Lipinski definition) is 5. The fourth-order valence-electron chi connectivity index (χ4n) is 3.51. The second kappa shape index (κ2) is 11.1. The van der Waals surface area contributed by atoms with Gasteiger partial charge < -0.3 is 9.84 Å². The minimum absolute atomic E-state index is 0.0542. The maximum Gasteiger partial charge on any atom is 0.422 e. The molecule has 1 aromatic heterocycles. The van der Waals surface area contributed by atoms with Crippen molar-refractivity contribution in [1.29, 1.82) is 0 Å². The zero-order valence-electron chi connectivity index (χ0n) is 19.6. The lowest BCUT2D eigenvalue weighted by Gasteiger charge is -2.37. The summed E-state index contributed by atoms with van der Waals surface area (Å²) in [5.41, 5.74) is -4.44. The summed E-state index contributed by atoms with van der Waals surface area (Å²) >= 11 is 0. The summed E-state index contributed by atoms with van der Waals surface area (Å²) < 4.78 is 101. The highest BCUT2D eigenvalue weighted by molar-refractivity contribution is 5.63. The number of ether oxygens (including phenoxy) is 1. The maximum absolute atomic E-state index is 15.8. The smallest absolute Gasteiger partial charge is 0.422 e. The van der Waals surface area contributed by atoms with Crippen molar-refractivity contribution in [1.82, 2.24) is 9.99 Å². The van der Waals surface area contributed by atoms with Crippen LogP contribution in [0.25, 0.3) is 11.1 Å². The summed E-state index contributed by atoms with van der Waals surface area (Å²) in [5, 5.41) is 21.7. The minimum atomic E-state index is -4.51. The van der Waals surface area contributed by atoms with E-state index in [1.165, 1.54) is 30.3 Å². The van der Waals surface area contributed by atoms with Crippen LogP contribution in [0.15, 0.2) is 76.3 Å². The normalized spacial score (nSPS) is 13.8. The number of aliphatic hydroxyl groups is 1. The predicted octanol–water partition coefficient (Wildman–Crippen LogP) is 5.86. The van der Waals surface area contributed by atoms with Gasteiger partial charge in [0.25, 0.3) is 0 Å². The number of rotatable bonds is 10. The monoisotopic (exact) mass is 543 g/mol. The Bertz CT molecular complexity index is 1280. The molecule has 0 fully saturated rings. The first kappa shape index (κ1) is 28.5. The number of benzene rings is 2. The molecule has 14 heteroatoms. The quantitative estimate of drug-likeness (QED) is 0.150. The molecule has 0 saturated carbocycles. The van der Waals surface area contributed by atoms with E-state index in [2.05, 4.69) is 32.0 Å². The lowest BCUT2D eigenvalue weighted by molar-refractivity contribution is -0.207. The Hall–Kier alpha value is -4.07. The molecule has 0 aliphatic rings.